The number of aromatic nitrogens is 1. The Morgan fingerprint density at radius 3 is 2.84 bits per heavy atom. The molecule has 0 radical (unpaired) electrons. The van der Waals surface area contributed by atoms with Crippen LogP contribution in [0.25, 0.3) is 0 Å². The maximum Gasteiger partial charge on any atom is 0.317 e. The van der Waals surface area contributed by atoms with Crippen LogP contribution in [0.1, 0.15) is 43.2 Å². The maximum atomic E-state index is 12.2. The minimum absolute atomic E-state index is 0.0546. The van der Waals surface area contributed by atoms with Gasteiger partial charge in [0.05, 0.1) is 6.04 Å². The molecule has 0 aromatic carbocycles. The van der Waals surface area contributed by atoms with Gasteiger partial charge in [0.15, 0.2) is 0 Å². The van der Waals surface area contributed by atoms with Gasteiger partial charge in [0, 0.05) is 25.2 Å². The van der Waals surface area contributed by atoms with Crippen molar-refractivity contribution in [1.82, 2.24) is 15.2 Å². The molecule has 3 rings (SSSR count). The topological polar surface area (TPSA) is 45.2 Å². The van der Waals surface area contributed by atoms with Crippen molar-refractivity contribution in [1.29, 1.82) is 0 Å². The fraction of sp³-hybridized carbons (Fsp3) is 0.714. The lowest BCUT2D eigenvalue weighted by molar-refractivity contribution is 0.178. The van der Waals surface area contributed by atoms with E-state index < -0.39 is 0 Å². The van der Waals surface area contributed by atoms with Gasteiger partial charge in [0.2, 0.25) is 0 Å². The second kappa shape index (κ2) is 5.49. The number of hydrogen-bond donors (Lipinski definition) is 1. The highest BCUT2D eigenvalue weighted by Gasteiger charge is 2.35. The number of thiazole rings is 1. The lowest BCUT2D eigenvalue weighted by Gasteiger charge is -2.31. The number of carbonyl (C=O) groups is 1. The first-order valence-electron chi connectivity index (χ1n) is 7.15. The quantitative estimate of drug-likeness (QED) is 0.900. The van der Waals surface area contributed by atoms with Crippen molar-refractivity contribution in [2.75, 3.05) is 13.6 Å². The molecule has 0 bridgehead atoms. The zero-order valence-corrected chi connectivity index (χ0v) is 12.2. The molecule has 0 spiro atoms. The molecule has 2 amide bonds. The highest BCUT2D eigenvalue weighted by Crippen LogP contribution is 2.41. The Bertz CT molecular complexity index is 426. The van der Waals surface area contributed by atoms with Gasteiger partial charge in [0.1, 0.15) is 5.01 Å². The molecule has 1 N–H and O–H groups in total. The maximum absolute atomic E-state index is 12.2. The molecular formula is C14H21N3OS. The fourth-order valence-corrected chi connectivity index (χ4v) is 3.37. The van der Waals surface area contributed by atoms with Crippen LogP contribution in [0.15, 0.2) is 11.6 Å². The van der Waals surface area contributed by atoms with E-state index in [2.05, 4.69) is 10.3 Å². The first kappa shape index (κ1) is 12.9. The summed E-state index contributed by atoms with van der Waals surface area (Å²) < 4.78 is 0. The molecule has 0 aliphatic heterocycles. The van der Waals surface area contributed by atoms with Crippen molar-refractivity contribution in [2.45, 2.75) is 38.1 Å². The third-order valence-corrected chi connectivity index (χ3v) is 5.05. The van der Waals surface area contributed by atoms with Gasteiger partial charge >= 0.3 is 6.03 Å². The Labute approximate surface area is 118 Å². The van der Waals surface area contributed by atoms with E-state index in [9.17, 15) is 4.79 Å². The number of hydrogen-bond acceptors (Lipinski definition) is 3. The highest BCUT2D eigenvalue weighted by molar-refractivity contribution is 7.09. The van der Waals surface area contributed by atoms with Gasteiger partial charge in [-0.05, 0) is 37.5 Å². The van der Waals surface area contributed by atoms with Crippen LogP contribution >= 0.6 is 11.3 Å². The Hall–Kier alpha value is -1.10. The van der Waals surface area contributed by atoms with E-state index >= 15 is 0 Å². The van der Waals surface area contributed by atoms with E-state index in [-0.39, 0.29) is 12.1 Å². The van der Waals surface area contributed by atoms with Crippen LogP contribution in [-0.2, 0) is 0 Å². The van der Waals surface area contributed by atoms with Gasteiger partial charge in [-0.1, -0.05) is 6.42 Å². The first-order chi connectivity index (χ1) is 9.24. The van der Waals surface area contributed by atoms with Crippen LogP contribution in [0.2, 0.25) is 0 Å². The van der Waals surface area contributed by atoms with Crippen molar-refractivity contribution in [2.24, 2.45) is 11.8 Å². The van der Waals surface area contributed by atoms with Crippen molar-refractivity contribution in [3.8, 4) is 0 Å². The zero-order chi connectivity index (χ0) is 13.2. The van der Waals surface area contributed by atoms with E-state index in [1.54, 1.807) is 11.3 Å². The van der Waals surface area contributed by atoms with Gasteiger partial charge < -0.3 is 10.2 Å². The number of rotatable bonds is 5. The van der Waals surface area contributed by atoms with Crippen molar-refractivity contribution < 1.29 is 4.79 Å². The Balaban J connectivity index is 1.56. The summed E-state index contributed by atoms with van der Waals surface area (Å²) in [6, 6.07) is 0.176. The van der Waals surface area contributed by atoms with Crippen molar-refractivity contribution in [3.05, 3.63) is 16.6 Å². The third-order valence-electron chi connectivity index (χ3n) is 4.19. The molecule has 4 nitrogen and oxygen atoms in total. The van der Waals surface area contributed by atoms with E-state index in [0.717, 1.165) is 17.5 Å². The summed E-state index contributed by atoms with van der Waals surface area (Å²) in [6.45, 7) is 0.890. The largest absolute Gasteiger partial charge is 0.328 e. The molecule has 2 aliphatic carbocycles. The summed E-state index contributed by atoms with van der Waals surface area (Å²) in [5.41, 5.74) is 0. The van der Waals surface area contributed by atoms with Gasteiger partial charge in [0.25, 0.3) is 0 Å². The smallest absolute Gasteiger partial charge is 0.317 e. The van der Waals surface area contributed by atoms with Crippen LogP contribution < -0.4 is 5.32 Å². The summed E-state index contributed by atoms with van der Waals surface area (Å²) in [4.78, 5) is 18.5. The highest BCUT2D eigenvalue weighted by atomic mass is 32.1. The zero-order valence-electron chi connectivity index (χ0n) is 11.3. The number of urea groups is 1. The summed E-state index contributed by atoms with van der Waals surface area (Å²) in [5.74, 6) is 1.31. The van der Waals surface area contributed by atoms with Crippen molar-refractivity contribution in [3.63, 3.8) is 0 Å². The summed E-state index contributed by atoms with van der Waals surface area (Å²) in [7, 11) is 1.90. The molecule has 5 heteroatoms. The number of amides is 2. The molecular weight excluding hydrogens is 258 g/mol. The Kier molecular flexibility index (Phi) is 3.73. The van der Waals surface area contributed by atoms with Crippen LogP contribution in [0.5, 0.6) is 0 Å². The summed E-state index contributed by atoms with van der Waals surface area (Å²) in [6.07, 6.45) is 8.10. The van der Waals surface area contributed by atoms with Crippen LogP contribution in [0.3, 0.4) is 0 Å². The number of carbonyl (C=O) groups excluding carboxylic acids is 1. The molecule has 2 fully saturated rings. The van der Waals surface area contributed by atoms with Crippen LogP contribution in [0, 0.1) is 11.8 Å². The lowest BCUT2D eigenvalue weighted by Crippen LogP contribution is -2.43. The summed E-state index contributed by atoms with van der Waals surface area (Å²) in [5, 5.41) is 6.20. The van der Waals surface area contributed by atoms with Gasteiger partial charge in [-0.15, -0.1) is 11.3 Å². The van der Waals surface area contributed by atoms with Gasteiger partial charge in [-0.25, -0.2) is 9.78 Å². The third kappa shape index (κ3) is 3.08. The molecule has 1 atom stereocenters. The van der Waals surface area contributed by atoms with E-state index in [1.807, 2.05) is 23.5 Å². The molecule has 2 aliphatic rings. The molecule has 0 unspecified atom stereocenters. The number of nitrogens with zero attached hydrogens (tertiary/aromatic N) is 2. The molecule has 1 aromatic heterocycles. The summed E-state index contributed by atoms with van der Waals surface area (Å²) >= 11 is 1.64. The fourth-order valence-electron chi connectivity index (χ4n) is 2.59. The average Bonchev–Trinajstić information content (AvgIpc) is 3.05. The molecule has 19 heavy (non-hydrogen) atoms. The Morgan fingerprint density at radius 2 is 2.32 bits per heavy atom. The van der Waals surface area contributed by atoms with Gasteiger partial charge in [-0.2, -0.15) is 0 Å². The van der Waals surface area contributed by atoms with E-state index in [4.69, 9.17) is 0 Å². The average molecular weight is 279 g/mol. The monoisotopic (exact) mass is 279 g/mol. The van der Waals surface area contributed by atoms with E-state index in [0.29, 0.717) is 5.92 Å². The molecule has 2 saturated carbocycles. The molecule has 1 aromatic rings. The normalized spacial score (nSPS) is 20.7. The van der Waals surface area contributed by atoms with E-state index in [1.165, 1.54) is 32.1 Å². The Morgan fingerprint density at radius 1 is 1.53 bits per heavy atom. The van der Waals surface area contributed by atoms with Crippen molar-refractivity contribution >= 4 is 17.4 Å². The lowest BCUT2D eigenvalue weighted by atomic mass is 9.85. The van der Waals surface area contributed by atoms with Crippen LogP contribution in [0.4, 0.5) is 4.79 Å². The molecule has 0 saturated heterocycles. The second-order valence-corrected chi connectivity index (χ2v) is 6.74. The van der Waals surface area contributed by atoms with Gasteiger partial charge in [-0.3, -0.25) is 0 Å². The minimum atomic E-state index is 0.0546. The molecule has 104 valence electrons. The minimum Gasteiger partial charge on any atom is -0.328 e. The standard InChI is InChI=1S/C14H21N3OS/c1-17(9-10-3-2-4-10)14(18)16-12(11-5-6-11)13-15-7-8-19-13/h7-8,10-12H,2-6,9H2,1H3,(H,16,18)/t12-/m0/s1. The predicted molar refractivity (Wildman–Crippen MR) is 76.1 cm³/mol. The van der Waals surface area contributed by atoms with Crippen LogP contribution in [-0.4, -0.2) is 29.5 Å². The number of nitrogens with one attached hydrogen (secondary N) is 1. The first-order valence-corrected chi connectivity index (χ1v) is 8.03. The SMILES string of the molecule is CN(CC1CCC1)C(=O)N[C@H](c1nccs1)C1CC1. The predicted octanol–water partition coefficient (Wildman–Crippen LogP) is 3.04. The molecule has 1 heterocycles. The second-order valence-electron chi connectivity index (χ2n) is 5.81.